The molecule has 0 amide bonds. The van der Waals surface area contributed by atoms with Crippen LogP contribution in [-0.2, 0) is 13.1 Å². The average Bonchev–Trinajstić information content (AvgIpc) is 3.01. The van der Waals surface area contributed by atoms with Gasteiger partial charge in [0.15, 0.2) is 0 Å². The number of fused-ring (bicyclic) bond motifs is 1. The van der Waals surface area contributed by atoms with Crippen molar-refractivity contribution >= 4 is 10.8 Å². The quantitative estimate of drug-likeness (QED) is 0.765. The normalized spacial score (nSPS) is 10.8. The Morgan fingerprint density at radius 2 is 1.85 bits per heavy atom. The molecule has 0 bridgehead atoms. The van der Waals surface area contributed by atoms with Gasteiger partial charge in [-0.15, -0.1) is 0 Å². The van der Waals surface area contributed by atoms with Gasteiger partial charge in [-0.2, -0.15) is 0 Å². The van der Waals surface area contributed by atoms with Gasteiger partial charge in [-0.3, -0.25) is 0 Å². The van der Waals surface area contributed by atoms with Gasteiger partial charge in [-0.1, -0.05) is 30.3 Å². The van der Waals surface area contributed by atoms with Crippen molar-refractivity contribution in [2.24, 2.45) is 0 Å². The molecule has 0 aliphatic heterocycles. The Bertz CT molecular complexity index is 689. The third kappa shape index (κ3) is 2.53. The highest BCUT2D eigenvalue weighted by Crippen LogP contribution is 2.28. The highest BCUT2D eigenvalue weighted by Gasteiger charge is 2.05. The molecular formula is C17H17NO2. The summed E-state index contributed by atoms with van der Waals surface area (Å²) in [5.41, 5.74) is 2.42. The summed E-state index contributed by atoms with van der Waals surface area (Å²) >= 11 is 0. The van der Waals surface area contributed by atoms with Gasteiger partial charge in [0.25, 0.3) is 0 Å². The fourth-order valence-corrected chi connectivity index (χ4v) is 2.40. The minimum atomic E-state index is 0.802. The number of ether oxygens (including phenoxy) is 1. The molecule has 1 N–H and O–H groups in total. The first-order chi connectivity index (χ1) is 9.88. The lowest BCUT2D eigenvalue weighted by molar-refractivity contribution is 0.419. The third-order valence-electron chi connectivity index (χ3n) is 3.42. The van der Waals surface area contributed by atoms with Crippen LogP contribution in [0.4, 0.5) is 0 Å². The van der Waals surface area contributed by atoms with Crippen LogP contribution in [0.2, 0.25) is 0 Å². The predicted molar refractivity (Wildman–Crippen MR) is 79.8 cm³/mol. The van der Waals surface area contributed by atoms with E-state index in [2.05, 4.69) is 29.6 Å². The number of methoxy groups -OCH3 is 1. The van der Waals surface area contributed by atoms with Gasteiger partial charge < -0.3 is 14.5 Å². The van der Waals surface area contributed by atoms with Crippen molar-refractivity contribution in [1.82, 2.24) is 5.32 Å². The van der Waals surface area contributed by atoms with Crippen LogP contribution >= 0.6 is 0 Å². The number of furan rings is 1. The molecule has 0 fully saturated rings. The van der Waals surface area contributed by atoms with E-state index in [0.717, 1.165) is 29.8 Å². The van der Waals surface area contributed by atoms with Crippen LogP contribution < -0.4 is 10.1 Å². The smallest absolute Gasteiger partial charge is 0.126 e. The molecule has 20 heavy (non-hydrogen) atoms. The number of rotatable bonds is 5. The highest BCUT2D eigenvalue weighted by atomic mass is 16.5. The molecule has 1 aromatic heterocycles. The van der Waals surface area contributed by atoms with Crippen molar-refractivity contribution in [3.05, 3.63) is 66.1 Å². The van der Waals surface area contributed by atoms with E-state index in [0.29, 0.717) is 0 Å². The van der Waals surface area contributed by atoms with E-state index >= 15 is 0 Å². The minimum Gasteiger partial charge on any atom is -0.496 e. The third-order valence-corrected chi connectivity index (χ3v) is 3.42. The van der Waals surface area contributed by atoms with Crippen LogP contribution in [-0.4, -0.2) is 7.11 Å². The number of hydrogen-bond donors (Lipinski definition) is 1. The Labute approximate surface area is 118 Å². The van der Waals surface area contributed by atoms with Crippen LogP contribution in [0.5, 0.6) is 5.75 Å². The first-order valence-corrected chi connectivity index (χ1v) is 6.65. The lowest BCUT2D eigenvalue weighted by Gasteiger charge is -2.11. The summed E-state index contributed by atoms with van der Waals surface area (Å²) in [7, 11) is 1.71. The average molecular weight is 267 g/mol. The molecule has 0 saturated carbocycles. The molecule has 3 aromatic rings. The summed E-state index contributed by atoms with van der Waals surface area (Å²) in [6.45, 7) is 1.62. The van der Waals surface area contributed by atoms with Crippen LogP contribution in [0.1, 0.15) is 11.1 Å². The zero-order chi connectivity index (χ0) is 13.8. The Kier molecular flexibility index (Phi) is 3.70. The molecule has 102 valence electrons. The summed E-state index contributed by atoms with van der Waals surface area (Å²) < 4.78 is 10.5. The number of nitrogens with one attached hydrogen (secondary N) is 1. The maximum absolute atomic E-state index is 5.41. The van der Waals surface area contributed by atoms with E-state index in [1.165, 1.54) is 10.9 Å². The second-order valence-corrected chi connectivity index (χ2v) is 4.71. The standard InChI is InChI=1S/C17H17NO2/c1-19-17-7-6-14(15-4-2-3-5-16(15)17)11-18-10-13-8-9-20-12-13/h2-9,12,18H,10-11H2,1H3. The van der Waals surface area contributed by atoms with Gasteiger partial charge in [-0.25, -0.2) is 0 Å². The van der Waals surface area contributed by atoms with Gasteiger partial charge in [0.2, 0.25) is 0 Å². The summed E-state index contributed by atoms with van der Waals surface area (Å²) in [6, 6.07) is 14.4. The topological polar surface area (TPSA) is 34.4 Å². The summed E-state index contributed by atoms with van der Waals surface area (Å²) in [5, 5.41) is 5.81. The molecule has 0 aliphatic carbocycles. The van der Waals surface area contributed by atoms with E-state index in [1.807, 2.05) is 18.2 Å². The van der Waals surface area contributed by atoms with Gasteiger partial charge in [-0.05, 0) is 23.1 Å². The first kappa shape index (κ1) is 12.8. The highest BCUT2D eigenvalue weighted by molar-refractivity contribution is 5.91. The van der Waals surface area contributed by atoms with Gasteiger partial charge in [0, 0.05) is 24.0 Å². The van der Waals surface area contributed by atoms with E-state index < -0.39 is 0 Å². The van der Waals surface area contributed by atoms with E-state index in [9.17, 15) is 0 Å². The molecule has 0 unspecified atom stereocenters. The number of hydrogen-bond acceptors (Lipinski definition) is 3. The van der Waals surface area contributed by atoms with Gasteiger partial charge in [0.05, 0.1) is 19.6 Å². The zero-order valence-corrected chi connectivity index (χ0v) is 11.4. The maximum Gasteiger partial charge on any atom is 0.126 e. The number of benzene rings is 2. The van der Waals surface area contributed by atoms with Crippen LogP contribution in [0, 0.1) is 0 Å². The Morgan fingerprint density at radius 1 is 1.00 bits per heavy atom. The summed E-state index contributed by atoms with van der Waals surface area (Å²) in [6.07, 6.45) is 3.46. The van der Waals surface area contributed by atoms with Crippen molar-refractivity contribution in [1.29, 1.82) is 0 Å². The molecule has 0 radical (unpaired) electrons. The molecule has 3 nitrogen and oxygen atoms in total. The second kappa shape index (κ2) is 5.80. The van der Waals surface area contributed by atoms with Crippen LogP contribution in [0.3, 0.4) is 0 Å². The van der Waals surface area contributed by atoms with Crippen molar-refractivity contribution in [2.45, 2.75) is 13.1 Å². The molecule has 3 heteroatoms. The Morgan fingerprint density at radius 3 is 2.60 bits per heavy atom. The van der Waals surface area contributed by atoms with E-state index in [-0.39, 0.29) is 0 Å². The Balaban J connectivity index is 1.81. The van der Waals surface area contributed by atoms with Crippen molar-refractivity contribution < 1.29 is 9.15 Å². The first-order valence-electron chi connectivity index (χ1n) is 6.65. The molecule has 0 atom stereocenters. The fourth-order valence-electron chi connectivity index (χ4n) is 2.40. The lowest BCUT2D eigenvalue weighted by Crippen LogP contribution is -2.12. The Hall–Kier alpha value is -2.26. The van der Waals surface area contributed by atoms with Crippen LogP contribution in [0.25, 0.3) is 10.8 Å². The van der Waals surface area contributed by atoms with E-state index in [4.69, 9.17) is 9.15 Å². The molecule has 0 saturated heterocycles. The second-order valence-electron chi connectivity index (χ2n) is 4.71. The lowest BCUT2D eigenvalue weighted by atomic mass is 10.0. The van der Waals surface area contributed by atoms with Crippen molar-refractivity contribution in [3.63, 3.8) is 0 Å². The molecule has 0 aliphatic rings. The predicted octanol–water partition coefficient (Wildman–Crippen LogP) is 3.73. The van der Waals surface area contributed by atoms with Gasteiger partial charge in [0.1, 0.15) is 5.75 Å². The van der Waals surface area contributed by atoms with Gasteiger partial charge >= 0.3 is 0 Å². The fraction of sp³-hybridized carbons (Fsp3) is 0.176. The molecule has 1 heterocycles. The minimum absolute atomic E-state index is 0.802. The monoisotopic (exact) mass is 267 g/mol. The van der Waals surface area contributed by atoms with E-state index in [1.54, 1.807) is 19.6 Å². The van der Waals surface area contributed by atoms with Crippen LogP contribution in [0.15, 0.2) is 59.4 Å². The van der Waals surface area contributed by atoms with Crippen molar-refractivity contribution in [2.75, 3.05) is 7.11 Å². The largest absolute Gasteiger partial charge is 0.496 e. The summed E-state index contributed by atoms with van der Waals surface area (Å²) in [5.74, 6) is 0.916. The zero-order valence-electron chi connectivity index (χ0n) is 11.4. The van der Waals surface area contributed by atoms with Crippen molar-refractivity contribution in [3.8, 4) is 5.75 Å². The molecule has 3 rings (SSSR count). The molecule has 2 aromatic carbocycles. The molecule has 0 spiro atoms. The maximum atomic E-state index is 5.41. The summed E-state index contributed by atoms with van der Waals surface area (Å²) in [4.78, 5) is 0. The SMILES string of the molecule is COc1ccc(CNCc2ccoc2)c2ccccc12. The molecular weight excluding hydrogens is 250 g/mol.